The minimum Gasteiger partial charge on any atom is -0.326 e. The third kappa shape index (κ3) is 0.453. The molecule has 0 aromatic heterocycles. The molecule has 2 heteroatoms. The van der Waals surface area contributed by atoms with E-state index in [1.807, 2.05) is 0 Å². The van der Waals surface area contributed by atoms with Crippen LogP contribution in [0.25, 0.3) is 0 Å². The number of hydrogen-bond acceptors (Lipinski definition) is 2. The van der Waals surface area contributed by atoms with Gasteiger partial charge >= 0.3 is 0 Å². The number of nitrogens with two attached hydrogens (primary N) is 1. The van der Waals surface area contributed by atoms with Gasteiger partial charge in [0.25, 0.3) is 0 Å². The summed E-state index contributed by atoms with van der Waals surface area (Å²) in [5, 5.41) is 3.53. The summed E-state index contributed by atoms with van der Waals surface area (Å²) < 4.78 is 0. The average molecular weight is 138 g/mol. The van der Waals surface area contributed by atoms with Gasteiger partial charge in [-0.1, -0.05) is 0 Å². The molecule has 0 aromatic rings. The summed E-state index contributed by atoms with van der Waals surface area (Å²) in [4.78, 5) is 0. The van der Waals surface area contributed by atoms with E-state index in [4.69, 9.17) is 5.73 Å². The molecule has 2 nitrogen and oxygen atoms in total. The lowest BCUT2D eigenvalue weighted by Gasteiger charge is -2.23. The van der Waals surface area contributed by atoms with Crippen molar-refractivity contribution in [1.82, 2.24) is 5.32 Å². The third-order valence-corrected chi connectivity index (χ3v) is 3.82. The van der Waals surface area contributed by atoms with E-state index in [2.05, 4.69) is 5.32 Å². The highest BCUT2D eigenvalue weighted by molar-refractivity contribution is 5.11. The fourth-order valence-electron chi connectivity index (χ4n) is 3.34. The van der Waals surface area contributed by atoms with Crippen LogP contribution in [0, 0.1) is 17.8 Å². The molecule has 0 spiro atoms. The normalized spacial score (nSPS) is 63.9. The van der Waals surface area contributed by atoms with Gasteiger partial charge in [-0.25, -0.2) is 0 Å². The summed E-state index contributed by atoms with van der Waals surface area (Å²) in [6, 6.07) is 1.19. The maximum atomic E-state index is 6.04. The molecule has 3 aliphatic rings. The van der Waals surface area contributed by atoms with Crippen molar-refractivity contribution >= 4 is 0 Å². The van der Waals surface area contributed by atoms with Crippen LogP contribution in [0.4, 0.5) is 0 Å². The van der Waals surface area contributed by atoms with Gasteiger partial charge < -0.3 is 11.1 Å². The summed E-state index contributed by atoms with van der Waals surface area (Å²) >= 11 is 0. The fourth-order valence-corrected chi connectivity index (χ4v) is 3.34. The molecule has 5 atom stereocenters. The number of fused-ring (bicyclic) bond motifs is 1. The smallest absolute Gasteiger partial charge is 0.0253 e. The quantitative estimate of drug-likeness (QED) is 0.492. The molecule has 3 N–H and O–H groups in total. The molecular weight excluding hydrogens is 124 g/mol. The minimum absolute atomic E-state index is 0.490. The van der Waals surface area contributed by atoms with Gasteiger partial charge in [0.15, 0.2) is 0 Å². The maximum Gasteiger partial charge on any atom is 0.0253 e. The van der Waals surface area contributed by atoms with Gasteiger partial charge in [0.2, 0.25) is 0 Å². The Morgan fingerprint density at radius 2 is 2.10 bits per heavy atom. The molecule has 2 unspecified atom stereocenters. The molecule has 10 heavy (non-hydrogen) atoms. The van der Waals surface area contributed by atoms with Crippen molar-refractivity contribution < 1.29 is 0 Å². The van der Waals surface area contributed by atoms with Crippen molar-refractivity contribution in [1.29, 1.82) is 0 Å². The number of rotatable bonds is 0. The number of nitrogens with one attached hydrogen (secondary N) is 1. The van der Waals surface area contributed by atoms with Crippen molar-refractivity contribution in [2.75, 3.05) is 6.54 Å². The topological polar surface area (TPSA) is 38.0 Å². The van der Waals surface area contributed by atoms with Crippen LogP contribution >= 0.6 is 0 Å². The van der Waals surface area contributed by atoms with Gasteiger partial charge in [-0.3, -0.25) is 0 Å². The lowest BCUT2D eigenvalue weighted by molar-refractivity contribution is 0.343. The summed E-state index contributed by atoms with van der Waals surface area (Å²) in [6.45, 7) is 1.25. The molecule has 0 radical (unpaired) electrons. The summed E-state index contributed by atoms with van der Waals surface area (Å²) in [7, 11) is 0. The Kier molecular flexibility index (Phi) is 0.868. The Morgan fingerprint density at radius 3 is 2.80 bits per heavy atom. The molecule has 2 aliphatic carbocycles. The van der Waals surface area contributed by atoms with Gasteiger partial charge in [-0.15, -0.1) is 0 Å². The Balaban J connectivity index is 2.00. The number of hydrogen-bond donors (Lipinski definition) is 2. The molecule has 56 valence electrons. The first-order valence-corrected chi connectivity index (χ1v) is 4.35. The van der Waals surface area contributed by atoms with Gasteiger partial charge in [-0.05, 0) is 37.1 Å². The SMILES string of the molecule is N[C@H]1C2NCC3C[C@@H]1C[C@@H]32. The standard InChI is InChI=1S/C8H14N2/c9-7-4-1-5-3-10-8(7)6(5)2-4/h4-8,10H,1-3,9H2/t4-,5?,6+,7-,8?/m1/s1. The monoisotopic (exact) mass is 138 g/mol. The van der Waals surface area contributed by atoms with Crippen LogP contribution < -0.4 is 11.1 Å². The highest BCUT2D eigenvalue weighted by atomic mass is 15.0. The third-order valence-electron chi connectivity index (χ3n) is 3.82. The zero-order valence-electron chi connectivity index (χ0n) is 6.09. The molecule has 0 aromatic carbocycles. The van der Waals surface area contributed by atoms with Gasteiger partial charge in [0.1, 0.15) is 0 Å². The Labute approximate surface area is 61.2 Å². The van der Waals surface area contributed by atoms with E-state index in [1.165, 1.54) is 19.4 Å². The Bertz CT molecular complexity index is 167. The molecular formula is C8H14N2. The van der Waals surface area contributed by atoms with E-state index in [0.717, 1.165) is 17.8 Å². The average Bonchev–Trinajstić information content (AvgIpc) is 2.43. The second-order valence-corrected chi connectivity index (χ2v) is 4.17. The van der Waals surface area contributed by atoms with E-state index in [0.29, 0.717) is 12.1 Å². The molecule has 1 aliphatic heterocycles. The van der Waals surface area contributed by atoms with Crippen LogP contribution in [-0.2, 0) is 0 Å². The largest absolute Gasteiger partial charge is 0.326 e. The first-order valence-electron chi connectivity index (χ1n) is 4.35. The van der Waals surface area contributed by atoms with Crippen LogP contribution in [0.3, 0.4) is 0 Å². The minimum atomic E-state index is 0.490. The van der Waals surface area contributed by atoms with Crippen LogP contribution in [0.15, 0.2) is 0 Å². The predicted octanol–water partition coefficient (Wildman–Crippen LogP) is -0.0585. The molecule has 0 amide bonds. The van der Waals surface area contributed by atoms with Crippen molar-refractivity contribution in [3.05, 3.63) is 0 Å². The van der Waals surface area contributed by atoms with Crippen LogP contribution in [-0.4, -0.2) is 18.6 Å². The molecule has 1 heterocycles. The van der Waals surface area contributed by atoms with Crippen LogP contribution in [0.1, 0.15) is 12.8 Å². The molecule has 2 saturated carbocycles. The van der Waals surface area contributed by atoms with Crippen molar-refractivity contribution in [3.8, 4) is 0 Å². The molecule has 3 rings (SSSR count). The van der Waals surface area contributed by atoms with Crippen molar-refractivity contribution in [3.63, 3.8) is 0 Å². The molecule has 2 bridgehead atoms. The summed E-state index contributed by atoms with van der Waals surface area (Å²) in [5.74, 6) is 2.82. The van der Waals surface area contributed by atoms with E-state index < -0.39 is 0 Å². The van der Waals surface area contributed by atoms with Crippen LogP contribution in [0.2, 0.25) is 0 Å². The lowest BCUT2D eigenvalue weighted by Crippen LogP contribution is -2.43. The Morgan fingerprint density at radius 1 is 1.20 bits per heavy atom. The lowest BCUT2D eigenvalue weighted by atomic mass is 9.87. The second kappa shape index (κ2) is 1.56. The van der Waals surface area contributed by atoms with E-state index in [-0.39, 0.29) is 0 Å². The zero-order chi connectivity index (χ0) is 6.72. The zero-order valence-corrected chi connectivity index (χ0v) is 6.09. The second-order valence-electron chi connectivity index (χ2n) is 4.17. The van der Waals surface area contributed by atoms with Crippen molar-refractivity contribution in [2.45, 2.75) is 24.9 Å². The summed E-state index contributed by atoms with van der Waals surface area (Å²) in [5.41, 5.74) is 6.04. The highest BCUT2D eigenvalue weighted by Gasteiger charge is 2.54. The highest BCUT2D eigenvalue weighted by Crippen LogP contribution is 2.50. The van der Waals surface area contributed by atoms with E-state index in [9.17, 15) is 0 Å². The Hall–Kier alpha value is -0.0800. The fraction of sp³-hybridized carbons (Fsp3) is 1.00. The van der Waals surface area contributed by atoms with Crippen LogP contribution in [0.5, 0.6) is 0 Å². The van der Waals surface area contributed by atoms with Crippen molar-refractivity contribution in [2.24, 2.45) is 23.5 Å². The first-order chi connectivity index (χ1) is 4.86. The van der Waals surface area contributed by atoms with Gasteiger partial charge in [-0.2, -0.15) is 0 Å². The van der Waals surface area contributed by atoms with E-state index >= 15 is 0 Å². The summed E-state index contributed by atoms with van der Waals surface area (Å²) in [6.07, 6.45) is 2.83. The molecule has 1 saturated heterocycles. The maximum absolute atomic E-state index is 6.04. The van der Waals surface area contributed by atoms with Gasteiger partial charge in [0.05, 0.1) is 0 Å². The predicted molar refractivity (Wildman–Crippen MR) is 39.5 cm³/mol. The molecule has 3 fully saturated rings. The van der Waals surface area contributed by atoms with E-state index in [1.54, 1.807) is 0 Å². The van der Waals surface area contributed by atoms with Gasteiger partial charge in [0, 0.05) is 12.1 Å². The first kappa shape index (κ1) is 5.56.